The topological polar surface area (TPSA) is 70.2 Å². The van der Waals surface area contributed by atoms with Crippen molar-refractivity contribution in [3.63, 3.8) is 0 Å². The van der Waals surface area contributed by atoms with E-state index in [4.69, 9.17) is 0 Å². The van der Waals surface area contributed by atoms with Gasteiger partial charge in [-0.3, -0.25) is 4.79 Å². The van der Waals surface area contributed by atoms with E-state index in [1.54, 1.807) is 13.0 Å². The minimum absolute atomic E-state index is 0.129. The van der Waals surface area contributed by atoms with Crippen LogP contribution in [0.1, 0.15) is 52.9 Å². The zero-order chi connectivity index (χ0) is 21.1. The lowest BCUT2D eigenvalue weighted by Crippen LogP contribution is -2.40. The molecule has 7 heteroatoms. The predicted molar refractivity (Wildman–Crippen MR) is 114 cm³/mol. The van der Waals surface area contributed by atoms with E-state index in [0.717, 1.165) is 42.8 Å². The number of anilines is 2. The number of nitrogens with zero attached hydrogens (tertiary/aromatic N) is 3. The van der Waals surface area contributed by atoms with E-state index in [2.05, 4.69) is 20.6 Å². The molecule has 0 saturated heterocycles. The highest BCUT2D eigenvalue weighted by Gasteiger charge is 2.24. The van der Waals surface area contributed by atoms with Crippen LogP contribution in [0.15, 0.2) is 18.2 Å². The number of halogens is 1. The van der Waals surface area contributed by atoms with Gasteiger partial charge in [-0.2, -0.15) is 4.98 Å². The molecule has 0 aliphatic heterocycles. The molecule has 3 rings (SSSR count). The summed E-state index contributed by atoms with van der Waals surface area (Å²) in [5.74, 6) is 1.15. The summed E-state index contributed by atoms with van der Waals surface area (Å²) < 4.78 is 13.4. The van der Waals surface area contributed by atoms with Gasteiger partial charge in [-0.15, -0.1) is 0 Å². The van der Waals surface area contributed by atoms with Gasteiger partial charge in [0.15, 0.2) is 0 Å². The molecule has 1 aliphatic carbocycles. The van der Waals surface area contributed by atoms with Crippen molar-refractivity contribution in [2.45, 2.75) is 58.5 Å². The minimum atomic E-state index is -0.292. The Labute approximate surface area is 171 Å². The van der Waals surface area contributed by atoms with E-state index in [0.29, 0.717) is 17.1 Å². The Morgan fingerprint density at radius 3 is 2.34 bits per heavy atom. The van der Waals surface area contributed by atoms with Crippen LogP contribution in [0.5, 0.6) is 0 Å². The van der Waals surface area contributed by atoms with E-state index >= 15 is 0 Å². The van der Waals surface area contributed by atoms with Crippen LogP contribution in [0.25, 0.3) is 0 Å². The van der Waals surface area contributed by atoms with Gasteiger partial charge in [0.25, 0.3) is 5.91 Å². The molecule has 0 unspecified atom stereocenters. The van der Waals surface area contributed by atoms with Crippen LogP contribution in [0, 0.1) is 26.6 Å². The third-order valence-corrected chi connectivity index (χ3v) is 5.60. The number of benzene rings is 1. The summed E-state index contributed by atoms with van der Waals surface area (Å²) in [6, 6.07) is 4.88. The number of hydrogen-bond acceptors (Lipinski definition) is 5. The Bertz CT molecular complexity index is 891. The third-order valence-electron chi connectivity index (χ3n) is 5.60. The molecular weight excluding hydrogens is 369 g/mol. The Hall–Kier alpha value is -2.70. The number of nitrogens with one attached hydrogen (secondary N) is 2. The smallest absolute Gasteiger partial charge is 0.251 e. The maximum absolute atomic E-state index is 13.4. The number of amides is 1. The molecule has 0 atom stereocenters. The molecular formula is C22H30FN5O. The van der Waals surface area contributed by atoms with Gasteiger partial charge in [0.1, 0.15) is 11.6 Å². The lowest BCUT2D eigenvalue weighted by atomic mass is 9.91. The number of carbonyl (C=O) groups is 1. The molecule has 156 valence electrons. The summed E-state index contributed by atoms with van der Waals surface area (Å²) in [5, 5.41) is 6.54. The van der Waals surface area contributed by atoms with Crippen molar-refractivity contribution in [1.82, 2.24) is 15.3 Å². The standard InChI is InChI=1S/C22H30FN5O/c1-13-12-16(6-11-19(13)23)21(29)25-17-7-9-18(10-8-17)26-22-24-15(3)14(2)20(27-22)28(4)5/h6,11-12,17-18H,7-10H2,1-5H3,(H,25,29)(H,24,26,27)/t17-,18+. The summed E-state index contributed by atoms with van der Waals surface area (Å²) in [4.78, 5) is 23.7. The second kappa shape index (κ2) is 8.76. The van der Waals surface area contributed by atoms with Crippen molar-refractivity contribution in [2.24, 2.45) is 0 Å². The summed E-state index contributed by atoms with van der Waals surface area (Å²) in [6.07, 6.45) is 3.63. The summed E-state index contributed by atoms with van der Waals surface area (Å²) in [5.41, 5.74) is 3.05. The van der Waals surface area contributed by atoms with Crippen LogP contribution >= 0.6 is 0 Å². The Morgan fingerprint density at radius 1 is 1.07 bits per heavy atom. The van der Waals surface area contributed by atoms with Gasteiger partial charge in [-0.1, -0.05) is 0 Å². The highest BCUT2D eigenvalue weighted by molar-refractivity contribution is 5.94. The summed E-state index contributed by atoms with van der Waals surface area (Å²) in [7, 11) is 3.96. The quantitative estimate of drug-likeness (QED) is 0.801. The molecule has 1 heterocycles. The van der Waals surface area contributed by atoms with Gasteiger partial charge in [-0.05, 0) is 70.2 Å². The number of hydrogen-bond donors (Lipinski definition) is 2. The summed E-state index contributed by atoms with van der Waals surface area (Å²) >= 11 is 0. The van der Waals surface area contributed by atoms with Crippen molar-refractivity contribution in [2.75, 3.05) is 24.3 Å². The first-order valence-corrected chi connectivity index (χ1v) is 10.1. The monoisotopic (exact) mass is 399 g/mol. The molecule has 1 amide bonds. The van der Waals surface area contributed by atoms with Crippen LogP contribution in [0.3, 0.4) is 0 Å². The lowest BCUT2D eigenvalue weighted by molar-refractivity contribution is 0.0926. The van der Waals surface area contributed by atoms with Gasteiger partial charge in [-0.25, -0.2) is 9.37 Å². The van der Waals surface area contributed by atoms with Crippen molar-refractivity contribution in [3.8, 4) is 0 Å². The van der Waals surface area contributed by atoms with Gasteiger partial charge in [0.2, 0.25) is 5.95 Å². The number of aromatic nitrogens is 2. The molecule has 2 aromatic rings. The zero-order valence-corrected chi connectivity index (χ0v) is 17.8. The van der Waals surface area contributed by atoms with Crippen molar-refractivity contribution >= 4 is 17.7 Å². The van der Waals surface area contributed by atoms with E-state index in [1.165, 1.54) is 12.1 Å². The first kappa shape index (κ1) is 21.0. The predicted octanol–water partition coefficient (Wildman–Crippen LogP) is 3.76. The number of aryl methyl sites for hydroxylation is 2. The van der Waals surface area contributed by atoms with Gasteiger partial charge < -0.3 is 15.5 Å². The van der Waals surface area contributed by atoms with Crippen LogP contribution in [-0.4, -0.2) is 42.1 Å². The third kappa shape index (κ3) is 5.02. The second-order valence-corrected chi connectivity index (χ2v) is 8.11. The molecule has 0 spiro atoms. The summed E-state index contributed by atoms with van der Waals surface area (Å²) in [6.45, 7) is 5.70. The molecule has 0 radical (unpaired) electrons. The zero-order valence-electron chi connectivity index (χ0n) is 17.8. The van der Waals surface area contributed by atoms with E-state index < -0.39 is 0 Å². The molecule has 2 N–H and O–H groups in total. The molecule has 1 saturated carbocycles. The van der Waals surface area contributed by atoms with Crippen LogP contribution < -0.4 is 15.5 Å². The lowest BCUT2D eigenvalue weighted by Gasteiger charge is -2.30. The van der Waals surface area contributed by atoms with E-state index in [-0.39, 0.29) is 23.8 Å². The second-order valence-electron chi connectivity index (χ2n) is 8.11. The van der Waals surface area contributed by atoms with Crippen LogP contribution in [-0.2, 0) is 0 Å². The maximum Gasteiger partial charge on any atom is 0.251 e. The first-order valence-electron chi connectivity index (χ1n) is 10.1. The number of rotatable bonds is 5. The maximum atomic E-state index is 13.4. The Kier molecular flexibility index (Phi) is 6.35. The van der Waals surface area contributed by atoms with E-state index in [9.17, 15) is 9.18 Å². The molecule has 1 aliphatic rings. The molecule has 1 aromatic carbocycles. The fourth-order valence-electron chi connectivity index (χ4n) is 3.73. The van der Waals surface area contributed by atoms with Crippen molar-refractivity contribution in [3.05, 3.63) is 46.4 Å². The fraction of sp³-hybridized carbons (Fsp3) is 0.500. The van der Waals surface area contributed by atoms with Crippen molar-refractivity contribution in [1.29, 1.82) is 0 Å². The Balaban J connectivity index is 1.55. The van der Waals surface area contributed by atoms with Crippen molar-refractivity contribution < 1.29 is 9.18 Å². The molecule has 1 aromatic heterocycles. The van der Waals surface area contributed by atoms with Gasteiger partial charge >= 0.3 is 0 Å². The largest absolute Gasteiger partial charge is 0.362 e. The number of carbonyl (C=O) groups excluding carboxylic acids is 1. The molecule has 0 bridgehead atoms. The highest BCUT2D eigenvalue weighted by atomic mass is 19.1. The fourth-order valence-corrected chi connectivity index (χ4v) is 3.73. The minimum Gasteiger partial charge on any atom is -0.362 e. The van der Waals surface area contributed by atoms with Gasteiger partial charge in [0, 0.05) is 43.0 Å². The van der Waals surface area contributed by atoms with Gasteiger partial charge in [0.05, 0.1) is 0 Å². The molecule has 6 nitrogen and oxygen atoms in total. The Morgan fingerprint density at radius 2 is 1.72 bits per heavy atom. The highest BCUT2D eigenvalue weighted by Crippen LogP contribution is 2.24. The molecule has 1 fully saturated rings. The van der Waals surface area contributed by atoms with Crippen LogP contribution in [0.2, 0.25) is 0 Å². The molecule has 29 heavy (non-hydrogen) atoms. The van der Waals surface area contributed by atoms with Crippen LogP contribution in [0.4, 0.5) is 16.2 Å². The normalized spacial score (nSPS) is 19.0. The average molecular weight is 400 g/mol. The first-order chi connectivity index (χ1) is 13.7. The SMILES string of the molecule is Cc1cc(C(=O)N[C@H]2CC[C@@H](Nc3nc(C)c(C)c(N(C)C)n3)CC2)ccc1F. The average Bonchev–Trinajstić information content (AvgIpc) is 2.68. The van der Waals surface area contributed by atoms with E-state index in [1.807, 2.05) is 32.8 Å².